The van der Waals surface area contributed by atoms with Crippen LogP contribution in [-0.2, 0) is 17.8 Å². The zero-order chi connectivity index (χ0) is 21.9. The molecule has 0 aliphatic carbocycles. The second-order valence-corrected chi connectivity index (χ2v) is 9.03. The van der Waals surface area contributed by atoms with Gasteiger partial charge in [0.05, 0.1) is 0 Å². The number of nitrogens with one attached hydrogen (secondary N) is 2. The lowest BCUT2D eigenvalue weighted by Gasteiger charge is -2.34. The summed E-state index contributed by atoms with van der Waals surface area (Å²) in [4.78, 5) is 18.8. The Bertz CT molecular complexity index is 687. The fourth-order valence-corrected chi connectivity index (χ4v) is 4.29. The second-order valence-electron chi connectivity index (χ2n) is 8.25. The standard InChI is InChI=1S/C21H39N7OS.HI/c1-6-23-20(27-12-9-17(10-13-27)14-19(29)22-4)24-11-7-8-18-25-26-21(30-5)28(18)15-16(2)3;/h16-17H,6-15H2,1-5H3,(H,22,29)(H,23,24);1H. The molecular formula is C21H40IN7OS. The van der Waals surface area contributed by atoms with E-state index in [-0.39, 0.29) is 29.9 Å². The average molecular weight is 566 g/mol. The molecule has 1 aliphatic rings. The van der Waals surface area contributed by atoms with Crippen molar-refractivity contribution >= 4 is 47.6 Å². The molecule has 0 radical (unpaired) electrons. The highest BCUT2D eigenvalue weighted by Gasteiger charge is 2.23. The number of amides is 1. The molecular weight excluding hydrogens is 525 g/mol. The van der Waals surface area contributed by atoms with Crippen LogP contribution < -0.4 is 10.6 Å². The van der Waals surface area contributed by atoms with Crippen LogP contribution in [0.15, 0.2) is 10.1 Å². The Kier molecular flexibility index (Phi) is 13.5. The summed E-state index contributed by atoms with van der Waals surface area (Å²) in [5.74, 6) is 3.23. The molecule has 8 nitrogen and oxygen atoms in total. The Balaban J connectivity index is 0.00000480. The van der Waals surface area contributed by atoms with E-state index in [1.165, 1.54) is 0 Å². The summed E-state index contributed by atoms with van der Waals surface area (Å²) in [6.45, 7) is 11.0. The van der Waals surface area contributed by atoms with Gasteiger partial charge < -0.3 is 20.1 Å². The molecule has 2 heterocycles. The normalized spacial score (nSPS) is 15.2. The number of hydrogen-bond donors (Lipinski definition) is 2. The van der Waals surface area contributed by atoms with Crippen molar-refractivity contribution in [3.63, 3.8) is 0 Å². The number of carbonyl (C=O) groups is 1. The molecule has 1 saturated heterocycles. The van der Waals surface area contributed by atoms with Gasteiger partial charge in [0.1, 0.15) is 5.82 Å². The van der Waals surface area contributed by atoms with Crippen LogP contribution in [0.4, 0.5) is 0 Å². The Morgan fingerprint density at radius 1 is 1.29 bits per heavy atom. The number of thioether (sulfide) groups is 1. The van der Waals surface area contributed by atoms with E-state index in [0.29, 0.717) is 18.3 Å². The number of aromatic nitrogens is 3. The average Bonchev–Trinajstić information content (AvgIpc) is 3.11. The van der Waals surface area contributed by atoms with E-state index in [9.17, 15) is 4.79 Å². The molecule has 31 heavy (non-hydrogen) atoms. The van der Waals surface area contributed by atoms with E-state index >= 15 is 0 Å². The van der Waals surface area contributed by atoms with Gasteiger partial charge in [0.15, 0.2) is 11.1 Å². The molecule has 178 valence electrons. The van der Waals surface area contributed by atoms with Crippen LogP contribution >= 0.6 is 35.7 Å². The second kappa shape index (κ2) is 14.9. The highest BCUT2D eigenvalue weighted by Crippen LogP contribution is 2.20. The van der Waals surface area contributed by atoms with E-state index in [1.54, 1.807) is 18.8 Å². The SMILES string of the molecule is CCNC(=NCCCc1nnc(SC)n1CC(C)C)N1CCC(CC(=O)NC)CC1.I. The van der Waals surface area contributed by atoms with Crippen LogP contribution in [0.1, 0.15) is 52.3 Å². The molecule has 1 aromatic rings. The summed E-state index contributed by atoms with van der Waals surface area (Å²) in [6.07, 6.45) is 6.59. The quantitative estimate of drug-likeness (QED) is 0.149. The number of rotatable bonds is 10. The summed E-state index contributed by atoms with van der Waals surface area (Å²) >= 11 is 1.65. The zero-order valence-corrected chi connectivity index (χ0v) is 22.8. The summed E-state index contributed by atoms with van der Waals surface area (Å²) in [5.41, 5.74) is 0. The summed E-state index contributed by atoms with van der Waals surface area (Å²) in [7, 11) is 1.71. The molecule has 2 rings (SSSR count). The molecule has 1 aromatic heterocycles. The van der Waals surface area contributed by atoms with Crippen LogP contribution in [0.25, 0.3) is 0 Å². The first kappa shape index (κ1) is 28.0. The first-order valence-corrected chi connectivity index (χ1v) is 12.4. The Morgan fingerprint density at radius 3 is 2.58 bits per heavy atom. The van der Waals surface area contributed by atoms with Crippen molar-refractivity contribution in [3.05, 3.63) is 5.82 Å². The minimum absolute atomic E-state index is 0. The minimum Gasteiger partial charge on any atom is -0.359 e. The summed E-state index contributed by atoms with van der Waals surface area (Å²) in [6, 6.07) is 0. The first-order valence-electron chi connectivity index (χ1n) is 11.2. The topological polar surface area (TPSA) is 87.4 Å². The van der Waals surface area contributed by atoms with Crippen molar-refractivity contribution in [1.29, 1.82) is 0 Å². The van der Waals surface area contributed by atoms with Crippen molar-refractivity contribution in [1.82, 2.24) is 30.3 Å². The molecule has 10 heteroatoms. The van der Waals surface area contributed by atoms with Gasteiger partial charge in [-0.25, -0.2) is 0 Å². The number of carbonyl (C=O) groups excluding carboxylic acids is 1. The molecule has 0 aromatic carbocycles. The Morgan fingerprint density at radius 2 is 2.00 bits per heavy atom. The third-order valence-electron chi connectivity index (χ3n) is 5.35. The Labute approximate surface area is 208 Å². The van der Waals surface area contributed by atoms with Gasteiger partial charge in [-0.3, -0.25) is 9.79 Å². The number of aliphatic imine (C=N–C) groups is 1. The molecule has 0 saturated carbocycles. The maximum Gasteiger partial charge on any atom is 0.220 e. The van der Waals surface area contributed by atoms with Crippen molar-refractivity contribution in [2.75, 3.05) is 39.5 Å². The lowest BCUT2D eigenvalue weighted by Crippen LogP contribution is -2.46. The van der Waals surface area contributed by atoms with Gasteiger partial charge in [-0.05, 0) is 44.3 Å². The highest BCUT2D eigenvalue weighted by atomic mass is 127. The predicted octanol–water partition coefficient (Wildman–Crippen LogP) is 3.02. The van der Waals surface area contributed by atoms with E-state index < -0.39 is 0 Å². The van der Waals surface area contributed by atoms with Gasteiger partial charge in [-0.1, -0.05) is 25.6 Å². The lowest BCUT2D eigenvalue weighted by molar-refractivity contribution is -0.121. The maximum absolute atomic E-state index is 11.6. The van der Waals surface area contributed by atoms with E-state index in [2.05, 4.69) is 57.3 Å². The van der Waals surface area contributed by atoms with Crippen LogP contribution in [0.2, 0.25) is 0 Å². The van der Waals surface area contributed by atoms with Gasteiger partial charge in [-0.15, -0.1) is 34.2 Å². The number of likely N-dealkylation sites (tertiary alicyclic amines) is 1. The molecule has 0 atom stereocenters. The fourth-order valence-electron chi connectivity index (χ4n) is 3.76. The number of halogens is 1. The predicted molar refractivity (Wildman–Crippen MR) is 139 cm³/mol. The third kappa shape index (κ3) is 9.15. The largest absolute Gasteiger partial charge is 0.359 e. The lowest BCUT2D eigenvalue weighted by atomic mass is 9.93. The minimum atomic E-state index is 0. The van der Waals surface area contributed by atoms with Gasteiger partial charge in [-0.2, -0.15) is 0 Å². The number of nitrogens with zero attached hydrogens (tertiary/aromatic N) is 5. The molecule has 2 N–H and O–H groups in total. The molecule has 0 unspecified atom stereocenters. The maximum atomic E-state index is 11.6. The highest BCUT2D eigenvalue weighted by molar-refractivity contribution is 14.0. The van der Waals surface area contributed by atoms with Gasteiger partial charge in [0.25, 0.3) is 0 Å². The molecule has 1 amide bonds. The number of hydrogen-bond acceptors (Lipinski definition) is 5. The van der Waals surface area contributed by atoms with Crippen molar-refractivity contribution < 1.29 is 4.79 Å². The number of guanidine groups is 1. The van der Waals surface area contributed by atoms with E-state index in [0.717, 1.165) is 75.3 Å². The van der Waals surface area contributed by atoms with Gasteiger partial charge in [0.2, 0.25) is 5.91 Å². The van der Waals surface area contributed by atoms with Crippen molar-refractivity contribution in [2.45, 2.75) is 64.6 Å². The van der Waals surface area contributed by atoms with E-state index in [4.69, 9.17) is 4.99 Å². The monoisotopic (exact) mass is 565 g/mol. The Hall–Kier alpha value is -1.04. The molecule has 0 bridgehead atoms. The number of aryl methyl sites for hydroxylation is 1. The van der Waals surface area contributed by atoms with Crippen molar-refractivity contribution in [3.8, 4) is 0 Å². The van der Waals surface area contributed by atoms with Gasteiger partial charge >= 0.3 is 0 Å². The summed E-state index contributed by atoms with van der Waals surface area (Å²) < 4.78 is 2.25. The van der Waals surface area contributed by atoms with Crippen LogP contribution in [0.5, 0.6) is 0 Å². The van der Waals surface area contributed by atoms with Crippen molar-refractivity contribution in [2.24, 2.45) is 16.8 Å². The molecule has 1 aliphatic heterocycles. The zero-order valence-electron chi connectivity index (χ0n) is 19.7. The summed E-state index contributed by atoms with van der Waals surface area (Å²) in [5, 5.41) is 15.9. The third-order valence-corrected chi connectivity index (χ3v) is 6.01. The van der Waals surface area contributed by atoms with Gasteiger partial charge in [0, 0.05) is 52.6 Å². The van der Waals surface area contributed by atoms with Crippen LogP contribution in [0.3, 0.4) is 0 Å². The van der Waals surface area contributed by atoms with E-state index in [1.807, 2.05) is 0 Å². The van der Waals surface area contributed by atoms with Crippen LogP contribution in [-0.4, -0.2) is 71.0 Å². The molecule has 0 spiro atoms. The first-order chi connectivity index (χ1) is 14.5. The van der Waals surface area contributed by atoms with Crippen LogP contribution in [0, 0.1) is 11.8 Å². The number of piperidine rings is 1. The smallest absolute Gasteiger partial charge is 0.220 e. The molecule has 1 fully saturated rings. The fraction of sp³-hybridized carbons (Fsp3) is 0.810.